The average Bonchev–Trinajstić information content (AvgIpc) is 3.16. The van der Waals surface area contributed by atoms with Crippen molar-refractivity contribution in [3.05, 3.63) is 34.3 Å². The summed E-state index contributed by atoms with van der Waals surface area (Å²) in [5.74, 6) is 0.870. The van der Waals surface area contributed by atoms with E-state index in [1.165, 1.54) is 12.8 Å². The van der Waals surface area contributed by atoms with Crippen LogP contribution in [0.15, 0.2) is 28.7 Å². The zero-order chi connectivity index (χ0) is 15.5. The van der Waals surface area contributed by atoms with Crippen LogP contribution < -0.4 is 5.32 Å². The molecule has 4 nitrogen and oxygen atoms in total. The van der Waals surface area contributed by atoms with E-state index in [-0.39, 0.29) is 0 Å². The van der Waals surface area contributed by atoms with Crippen molar-refractivity contribution in [2.45, 2.75) is 38.6 Å². The minimum Gasteiger partial charge on any atom is -0.369 e. The normalized spacial score (nSPS) is 15.0. The highest BCUT2D eigenvalue weighted by Crippen LogP contribution is 2.36. The molecule has 0 amide bonds. The van der Waals surface area contributed by atoms with Gasteiger partial charge in [-0.05, 0) is 31.9 Å². The van der Waals surface area contributed by atoms with Gasteiger partial charge < -0.3 is 5.32 Å². The molecule has 114 valence electrons. The summed E-state index contributed by atoms with van der Waals surface area (Å²) in [6.07, 6.45) is 4.77. The molecule has 1 N–H and O–H groups in total. The van der Waals surface area contributed by atoms with E-state index in [1.54, 1.807) is 0 Å². The first-order chi connectivity index (χ1) is 10.7. The van der Waals surface area contributed by atoms with Crippen molar-refractivity contribution < 1.29 is 0 Å². The van der Waals surface area contributed by atoms with Crippen LogP contribution in [0.4, 0.5) is 5.82 Å². The zero-order valence-corrected chi connectivity index (χ0v) is 14.2. The number of halogens is 1. The van der Waals surface area contributed by atoms with Crippen molar-refractivity contribution in [3.63, 3.8) is 0 Å². The molecule has 1 aromatic heterocycles. The second kappa shape index (κ2) is 6.53. The summed E-state index contributed by atoms with van der Waals surface area (Å²) in [6.45, 7) is 2.83. The highest BCUT2D eigenvalue weighted by molar-refractivity contribution is 9.10. The quantitative estimate of drug-likeness (QED) is 0.859. The van der Waals surface area contributed by atoms with E-state index in [1.807, 2.05) is 35.9 Å². The van der Waals surface area contributed by atoms with Crippen LogP contribution in [0.2, 0.25) is 0 Å². The van der Waals surface area contributed by atoms with Crippen molar-refractivity contribution in [1.82, 2.24) is 9.78 Å². The Balaban J connectivity index is 2.11. The van der Waals surface area contributed by atoms with Gasteiger partial charge in [0, 0.05) is 16.6 Å². The van der Waals surface area contributed by atoms with Gasteiger partial charge in [-0.2, -0.15) is 10.4 Å². The van der Waals surface area contributed by atoms with E-state index >= 15 is 0 Å². The Morgan fingerprint density at radius 2 is 2.00 bits per heavy atom. The summed E-state index contributed by atoms with van der Waals surface area (Å²) in [6, 6.07) is 10.7. The van der Waals surface area contributed by atoms with Crippen molar-refractivity contribution in [1.29, 1.82) is 5.26 Å². The Kier molecular flexibility index (Phi) is 4.49. The predicted molar refractivity (Wildman–Crippen MR) is 91.7 cm³/mol. The van der Waals surface area contributed by atoms with Gasteiger partial charge in [-0.1, -0.05) is 40.9 Å². The SMILES string of the molecule is CCNc1c(C#N)c(-c2ccc(Br)cc2)nn1C1CCCC1. The third-order valence-electron chi connectivity index (χ3n) is 4.15. The fourth-order valence-corrected chi connectivity index (χ4v) is 3.36. The largest absolute Gasteiger partial charge is 0.369 e. The van der Waals surface area contributed by atoms with E-state index in [9.17, 15) is 5.26 Å². The number of aromatic nitrogens is 2. The van der Waals surface area contributed by atoms with Crippen LogP contribution in [-0.2, 0) is 0 Å². The number of nitrogens with zero attached hydrogens (tertiary/aromatic N) is 3. The summed E-state index contributed by atoms with van der Waals surface area (Å²) in [5, 5.41) is 17.8. The average molecular weight is 359 g/mol. The molecule has 1 saturated carbocycles. The van der Waals surface area contributed by atoms with Crippen LogP contribution in [0.5, 0.6) is 0 Å². The molecule has 0 radical (unpaired) electrons. The smallest absolute Gasteiger partial charge is 0.143 e. The second-order valence-corrected chi connectivity index (χ2v) is 6.52. The van der Waals surface area contributed by atoms with Gasteiger partial charge in [0.25, 0.3) is 0 Å². The zero-order valence-electron chi connectivity index (χ0n) is 12.6. The molecule has 0 spiro atoms. The molecule has 0 unspecified atom stereocenters. The maximum absolute atomic E-state index is 9.65. The van der Waals surface area contributed by atoms with Gasteiger partial charge in [-0.3, -0.25) is 0 Å². The monoisotopic (exact) mass is 358 g/mol. The molecule has 0 bridgehead atoms. The van der Waals surface area contributed by atoms with Crippen LogP contribution in [0.25, 0.3) is 11.3 Å². The summed E-state index contributed by atoms with van der Waals surface area (Å²) in [5.41, 5.74) is 2.41. The van der Waals surface area contributed by atoms with E-state index in [0.717, 1.165) is 40.9 Å². The topological polar surface area (TPSA) is 53.6 Å². The standard InChI is InChI=1S/C17H19BrN4/c1-2-20-17-15(11-19)16(12-7-9-13(18)10-8-12)21-22(17)14-5-3-4-6-14/h7-10,14,20H,2-6H2,1H3. The molecule has 0 saturated heterocycles. The Labute approximate surface area is 139 Å². The van der Waals surface area contributed by atoms with Gasteiger partial charge in [0.15, 0.2) is 0 Å². The summed E-state index contributed by atoms with van der Waals surface area (Å²) >= 11 is 3.45. The molecule has 1 aromatic carbocycles. The van der Waals surface area contributed by atoms with Crippen molar-refractivity contribution >= 4 is 21.7 Å². The van der Waals surface area contributed by atoms with Gasteiger partial charge in [0.05, 0.1) is 6.04 Å². The molecule has 22 heavy (non-hydrogen) atoms. The van der Waals surface area contributed by atoms with Crippen LogP contribution >= 0.6 is 15.9 Å². The first-order valence-corrected chi connectivity index (χ1v) is 8.56. The molecular weight excluding hydrogens is 340 g/mol. The predicted octanol–water partition coefficient (Wildman–Crippen LogP) is 4.73. The summed E-state index contributed by atoms with van der Waals surface area (Å²) in [7, 11) is 0. The molecule has 5 heteroatoms. The second-order valence-electron chi connectivity index (χ2n) is 5.60. The molecule has 1 heterocycles. The Bertz CT molecular complexity index is 691. The number of nitrogens with one attached hydrogen (secondary N) is 1. The van der Waals surface area contributed by atoms with Gasteiger partial charge in [0.1, 0.15) is 23.1 Å². The third kappa shape index (κ3) is 2.76. The van der Waals surface area contributed by atoms with Crippen molar-refractivity contribution in [2.24, 2.45) is 0 Å². The third-order valence-corrected chi connectivity index (χ3v) is 4.68. The molecule has 0 aliphatic heterocycles. The van der Waals surface area contributed by atoms with Gasteiger partial charge in [-0.15, -0.1) is 0 Å². The number of hydrogen-bond donors (Lipinski definition) is 1. The van der Waals surface area contributed by atoms with E-state index < -0.39 is 0 Å². The fraction of sp³-hybridized carbons (Fsp3) is 0.412. The van der Waals surface area contributed by atoms with Gasteiger partial charge in [0.2, 0.25) is 0 Å². The van der Waals surface area contributed by atoms with Crippen LogP contribution in [0, 0.1) is 11.3 Å². The van der Waals surface area contributed by atoms with Gasteiger partial charge >= 0.3 is 0 Å². The number of rotatable bonds is 4. The Morgan fingerprint density at radius 1 is 1.32 bits per heavy atom. The first kappa shape index (κ1) is 15.1. The minimum absolute atomic E-state index is 0.408. The van der Waals surface area contributed by atoms with E-state index in [0.29, 0.717) is 11.6 Å². The lowest BCUT2D eigenvalue weighted by Gasteiger charge is -2.14. The lowest BCUT2D eigenvalue weighted by Crippen LogP contribution is -2.12. The van der Waals surface area contributed by atoms with Crippen molar-refractivity contribution in [3.8, 4) is 17.3 Å². The van der Waals surface area contributed by atoms with Crippen LogP contribution in [0.3, 0.4) is 0 Å². The molecule has 1 aliphatic carbocycles. The molecular formula is C17H19BrN4. The molecule has 3 rings (SSSR count). The molecule has 1 fully saturated rings. The van der Waals surface area contributed by atoms with E-state index in [2.05, 4.69) is 27.3 Å². The number of anilines is 1. The first-order valence-electron chi connectivity index (χ1n) is 7.77. The van der Waals surface area contributed by atoms with Crippen LogP contribution in [0.1, 0.15) is 44.2 Å². The molecule has 2 aromatic rings. The summed E-state index contributed by atoms with van der Waals surface area (Å²) < 4.78 is 3.07. The van der Waals surface area contributed by atoms with Crippen molar-refractivity contribution in [2.75, 3.05) is 11.9 Å². The highest BCUT2D eigenvalue weighted by atomic mass is 79.9. The molecule has 1 aliphatic rings. The Hall–Kier alpha value is -1.80. The lowest BCUT2D eigenvalue weighted by molar-refractivity contribution is 0.473. The maximum Gasteiger partial charge on any atom is 0.143 e. The lowest BCUT2D eigenvalue weighted by atomic mass is 10.1. The maximum atomic E-state index is 9.65. The summed E-state index contributed by atoms with van der Waals surface area (Å²) in [4.78, 5) is 0. The van der Waals surface area contributed by atoms with Gasteiger partial charge in [-0.25, -0.2) is 4.68 Å². The van der Waals surface area contributed by atoms with E-state index in [4.69, 9.17) is 5.10 Å². The highest BCUT2D eigenvalue weighted by Gasteiger charge is 2.25. The molecule has 0 atom stereocenters. The minimum atomic E-state index is 0.408. The fourth-order valence-electron chi connectivity index (χ4n) is 3.10. The van der Waals surface area contributed by atoms with Crippen LogP contribution in [-0.4, -0.2) is 16.3 Å². The number of benzene rings is 1. The Morgan fingerprint density at radius 3 is 2.59 bits per heavy atom. The number of hydrogen-bond acceptors (Lipinski definition) is 3. The number of nitriles is 1.